The minimum Gasteiger partial charge on any atom is -0.496 e. The molecule has 4 rings (SSSR count). The SMILES string of the molecule is COc1ccc(C)cc1CC(=O)C1CN2CCN1CC2. The second-order valence-corrected chi connectivity index (χ2v) is 5.81. The van der Waals surface area contributed by atoms with Gasteiger partial charge >= 0.3 is 0 Å². The van der Waals surface area contributed by atoms with E-state index in [9.17, 15) is 4.79 Å². The predicted octanol–water partition coefficient (Wildman–Crippen LogP) is 1.12. The van der Waals surface area contributed by atoms with E-state index >= 15 is 0 Å². The molecule has 1 aromatic rings. The Morgan fingerprint density at radius 3 is 2.65 bits per heavy atom. The summed E-state index contributed by atoms with van der Waals surface area (Å²) in [4.78, 5) is 17.3. The van der Waals surface area contributed by atoms with Crippen molar-refractivity contribution in [3.8, 4) is 5.75 Å². The third-order valence-electron chi connectivity index (χ3n) is 4.45. The van der Waals surface area contributed by atoms with Crippen LogP contribution in [0.5, 0.6) is 5.75 Å². The largest absolute Gasteiger partial charge is 0.496 e. The van der Waals surface area contributed by atoms with Crippen LogP contribution in [0.4, 0.5) is 0 Å². The highest BCUT2D eigenvalue weighted by Gasteiger charge is 2.36. The van der Waals surface area contributed by atoms with E-state index in [1.807, 2.05) is 19.1 Å². The Balaban J connectivity index is 1.74. The molecule has 1 unspecified atom stereocenters. The predicted molar refractivity (Wildman–Crippen MR) is 78.2 cm³/mol. The fourth-order valence-corrected chi connectivity index (χ4v) is 3.27. The lowest BCUT2D eigenvalue weighted by Crippen LogP contribution is -2.63. The van der Waals surface area contributed by atoms with Crippen LogP contribution in [0.1, 0.15) is 11.1 Å². The number of benzene rings is 1. The Hall–Kier alpha value is -1.39. The number of rotatable bonds is 4. The number of Topliss-reactive ketones (excluding diaryl/α,β-unsaturated/α-hetero) is 1. The van der Waals surface area contributed by atoms with Crippen LogP contribution < -0.4 is 4.74 Å². The van der Waals surface area contributed by atoms with E-state index in [0.717, 1.165) is 44.0 Å². The first-order valence-corrected chi connectivity index (χ1v) is 7.30. The molecule has 3 aliphatic heterocycles. The molecule has 1 aromatic carbocycles. The van der Waals surface area contributed by atoms with Gasteiger partial charge in [-0.05, 0) is 13.0 Å². The van der Waals surface area contributed by atoms with Crippen LogP contribution in [0.25, 0.3) is 0 Å². The van der Waals surface area contributed by atoms with Gasteiger partial charge in [0.1, 0.15) is 5.75 Å². The van der Waals surface area contributed by atoms with Crippen molar-refractivity contribution < 1.29 is 9.53 Å². The minimum absolute atomic E-state index is 0.0720. The van der Waals surface area contributed by atoms with Crippen molar-refractivity contribution in [3.63, 3.8) is 0 Å². The van der Waals surface area contributed by atoms with Crippen LogP contribution in [0.2, 0.25) is 0 Å². The van der Waals surface area contributed by atoms with E-state index in [1.54, 1.807) is 7.11 Å². The lowest BCUT2D eigenvalue weighted by Gasteiger charge is -2.46. The highest BCUT2D eigenvalue weighted by atomic mass is 16.5. The lowest BCUT2D eigenvalue weighted by atomic mass is 9.97. The minimum atomic E-state index is 0.0720. The van der Waals surface area contributed by atoms with Crippen molar-refractivity contribution in [2.24, 2.45) is 0 Å². The van der Waals surface area contributed by atoms with Gasteiger partial charge in [-0.2, -0.15) is 0 Å². The van der Waals surface area contributed by atoms with Crippen LogP contribution >= 0.6 is 0 Å². The number of piperazine rings is 3. The second kappa shape index (κ2) is 5.54. The number of methoxy groups -OCH3 is 1. The average Bonchev–Trinajstić information content (AvgIpc) is 2.48. The van der Waals surface area contributed by atoms with Gasteiger partial charge in [-0.3, -0.25) is 14.6 Å². The van der Waals surface area contributed by atoms with Gasteiger partial charge in [0, 0.05) is 44.7 Å². The van der Waals surface area contributed by atoms with E-state index in [-0.39, 0.29) is 6.04 Å². The molecule has 2 bridgehead atoms. The monoisotopic (exact) mass is 274 g/mol. The van der Waals surface area contributed by atoms with E-state index in [1.165, 1.54) is 5.56 Å². The summed E-state index contributed by atoms with van der Waals surface area (Å²) in [6, 6.07) is 6.11. The Bertz CT molecular complexity index is 507. The Kier molecular flexibility index (Phi) is 3.76. The van der Waals surface area contributed by atoms with E-state index in [0.29, 0.717) is 12.2 Å². The van der Waals surface area contributed by atoms with Crippen molar-refractivity contribution in [2.45, 2.75) is 19.4 Å². The van der Waals surface area contributed by atoms with Crippen molar-refractivity contribution in [1.82, 2.24) is 9.80 Å². The number of ether oxygens (including phenoxy) is 1. The van der Waals surface area contributed by atoms with Gasteiger partial charge in [0.2, 0.25) is 0 Å². The number of carbonyl (C=O) groups excluding carboxylic acids is 1. The van der Waals surface area contributed by atoms with Gasteiger partial charge in [-0.1, -0.05) is 17.7 Å². The number of carbonyl (C=O) groups is 1. The molecule has 1 atom stereocenters. The number of ketones is 1. The van der Waals surface area contributed by atoms with Crippen molar-refractivity contribution in [1.29, 1.82) is 0 Å². The molecule has 3 heterocycles. The molecule has 4 heteroatoms. The van der Waals surface area contributed by atoms with Crippen molar-refractivity contribution in [2.75, 3.05) is 39.8 Å². The number of hydrogen-bond acceptors (Lipinski definition) is 4. The van der Waals surface area contributed by atoms with E-state index < -0.39 is 0 Å². The summed E-state index contributed by atoms with van der Waals surface area (Å²) in [5, 5.41) is 0. The molecule has 3 aliphatic rings. The number of aryl methyl sites for hydroxylation is 1. The molecule has 4 nitrogen and oxygen atoms in total. The summed E-state index contributed by atoms with van der Waals surface area (Å²) in [6.07, 6.45) is 0.472. The fourth-order valence-electron chi connectivity index (χ4n) is 3.27. The molecular weight excluding hydrogens is 252 g/mol. The number of nitrogens with zero attached hydrogens (tertiary/aromatic N) is 2. The molecule has 0 spiro atoms. The molecule has 20 heavy (non-hydrogen) atoms. The first-order chi connectivity index (χ1) is 9.67. The first-order valence-electron chi connectivity index (χ1n) is 7.30. The Labute approximate surface area is 120 Å². The third-order valence-corrected chi connectivity index (χ3v) is 4.45. The van der Waals surface area contributed by atoms with Crippen molar-refractivity contribution >= 4 is 5.78 Å². The van der Waals surface area contributed by atoms with Gasteiger partial charge < -0.3 is 4.74 Å². The maximum absolute atomic E-state index is 12.6. The normalized spacial score (nSPS) is 28.4. The lowest BCUT2D eigenvalue weighted by molar-refractivity contribution is -0.128. The zero-order chi connectivity index (χ0) is 14.1. The molecule has 0 N–H and O–H groups in total. The van der Waals surface area contributed by atoms with E-state index in [2.05, 4.69) is 15.9 Å². The van der Waals surface area contributed by atoms with Gasteiger partial charge in [-0.15, -0.1) is 0 Å². The first kappa shape index (κ1) is 13.6. The molecule has 0 aliphatic carbocycles. The van der Waals surface area contributed by atoms with Gasteiger partial charge in [0.25, 0.3) is 0 Å². The number of fused-ring (bicyclic) bond motifs is 3. The second-order valence-electron chi connectivity index (χ2n) is 5.81. The zero-order valence-electron chi connectivity index (χ0n) is 12.3. The fraction of sp³-hybridized carbons (Fsp3) is 0.562. The van der Waals surface area contributed by atoms with E-state index in [4.69, 9.17) is 4.74 Å². The summed E-state index contributed by atoms with van der Waals surface area (Å²) in [7, 11) is 1.66. The summed E-state index contributed by atoms with van der Waals surface area (Å²) in [5.74, 6) is 1.14. The topological polar surface area (TPSA) is 32.8 Å². The Morgan fingerprint density at radius 2 is 2.05 bits per heavy atom. The Morgan fingerprint density at radius 1 is 1.30 bits per heavy atom. The highest BCUT2D eigenvalue weighted by Crippen LogP contribution is 2.23. The molecule has 3 fully saturated rings. The smallest absolute Gasteiger partial charge is 0.155 e. The van der Waals surface area contributed by atoms with Crippen LogP contribution in [0, 0.1) is 6.92 Å². The molecular formula is C16H22N2O2. The molecule has 0 aromatic heterocycles. The zero-order valence-corrected chi connectivity index (χ0v) is 12.3. The third kappa shape index (κ3) is 2.58. The van der Waals surface area contributed by atoms with Gasteiger partial charge in [0.05, 0.1) is 13.2 Å². The summed E-state index contributed by atoms with van der Waals surface area (Å²) < 4.78 is 5.37. The summed E-state index contributed by atoms with van der Waals surface area (Å²) in [5.41, 5.74) is 2.18. The van der Waals surface area contributed by atoms with Crippen LogP contribution in [-0.4, -0.2) is 61.5 Å². The quantitative estimate of drug-likeness (QED) is 0.823. The maximum atomic E-state index is 12.6. The number of hydrogen-bond donors (Lipinski definition) is 0. The highest BCUT2D eigenvalue weighted by molar-refractivity contribution is 5.87. The van der Waals surface area contributed by atoms with Crippen LogP contribution in [-0.2, 0) is 11.2 Å². The standard InChI is InChI=1S/C16H22N2O2/c1-12-3-4-16(20-2)13(9-12)10-15(19)14-11-17-5-7-18(14)8-6-17/h3-4,9,14H,5-8,10-11H2,1-2H3. The maximum Gasteiger partial charge on any atom is 0.155 e. The molecule has 0 radical (unpaired) electrons. The van der Waals surface area contributed by atoms with Crippen LogP contribution in [0.15, 0.2) is 18.2 Å². The average molecular weight is 274 g/mol. The summed E-state index contributed by atoms with van der Waals surface area (Å²) >= 11 is 0. The molecule has 108 valence electrons. The van der Waals surface area contributed by atoms with Crippen molar-refractivity contribution in [3.05, 3.63) is 29.3 Å². The molecule has 3 saturated heterocycles. The van der Waals surface area contributed by atoms with Gasteiger partial charge in [-0.25, -0.2) is 0 Å². The summed E-state index contributed by atoms with van der Waals surface area (Å²) in [6.45, 7) is 7.22. The molecule has 0 amide bonds. The van der Waals surface area contributed by atoms with Crippen LogP contribution in [0.3, 0.4) is 0 Å². The van der Waals surface area contributed by atoms with Gasteiger partial charge in [0.15, 0.2) is 5.78 Å². The molecule has 0 saturated carbocycles.